The largest absolute Gasteiger partial charge is 0.462 e. The van der Waals surface area contributed by atoms with E-state index in [4.69, 9.17) is 4.74 Å². The maximum Gasteiger partial charge on any atom is 0.338 e. The summed E-state index contributed by atoms with van der Waals surface area (Å²) in [6.07, 6.45) is 0.267. The number of nitrogens with zero attached hydrogens (tertiary/aromatic N) is 1. The van der Waals surface area contributed by atoms with E-state index < -0.39 is 15.8 Å². The van der Waals surface area contributed by atoms with Crippen LogP contribution in [0.1, 0.15) is 23.7 Å². The molecule has 0 radical (unpaired) electrons. The van der Waals surface area contributed by atoms with Gasteiger partial charge in [-0.25, -0.2) is 13.2 Å². The maximum absolute atomic E-state index is 12.2. The molecular formula is C15H17NO5S. The number of amides is 1. The SMILES string of the molecule is CCOC(=O)c1ccc(N2C(=O)C[C@@H]3CS(=O)(=O)C[C@H]32)cc1. The van der Waals surface area contributed by atoms with Gasteiger partial charge in [-0.05, 0) is 31.2 Å². The lowest BCUT2D eigenvalue weighted by atomic mass is 10.0. The molecule has 0 aromatic heterocycles. The van der Waals surface area contributed by atoms with Crippen molar-refractivity contribution >= 4 is 27.4 Å². The number of benzene rings is 1. The molecule has 2 aliphatic heterocycles. The monoisotopic (exact) mass is 323 g/mol. The number of carbonyl (C=O) groups is 2. The number of hydrogen-bond donors (Lipinski definition) is 0. The molecule has 0 spiro atoms. The van der Waals surface area contributed by atoms with Crippen LogP contribution in [0.25, 0.3) is 0 Å². The van der Waals surface area contributed by atoms with E-state index >= 15 is 0 Å². The quantitative estimate of drug-likeness (QED) is 0.776. The molecule has 1 aromatic rings. The van der Waals surface area contributed by atoms with Crippen LogP contribution in [0, 0.1) is 5.92 Å². The maximum atomic E-state index is 12.2. The normalized spacial score (nSPS) is 26.0. The van der Waals surface area contributed by atoms with Crippen LogP contribution in [0.15, 0.2) is 24.3 Å². The number of anilines is 1. The first-order valence-electron chi connectivity index (χ1n) is 7.21. The van der Waals surface area contributed by atoms with Gasteiger partial charge in [0.2, 0.25) is 5.91 Å². The number of esters is 1. The Morgan fingerprint density at radius 2 is 1.95 bits per heavy atom. The Labute approximate surface area is 129 Å². The number of hydrogen-bond acceptors (Lipinski definition) is 5. The predicted molar refractivity (Wildman–Crippen MR) is 80.4 cm³/mol. The van der Waals surface area contributed by atoms with Crippen LogP contribution in [0.2, 0.25) is 0 Å². The summed E-state index contributed by atoms with van der Waals surface area (Å²) in [5.74, 6) is -0.497. The van der Waals surface area contributed by atoms with E-state index in [0.29, 0.717) is 17.9 Å². The van der Waals surface area contributed by atoms with Crippen LogP contribution in [-0.4, -0.2) is 44.4 Å². The lowest BCUT2D eigenvalue weighted by Crippen LogP contribution is -2.36. The van der Waals surface area contributed by atoms with Gasteiger partial charge in [-0.3, -0.25) is 4.79 Å². The second kappa shape index (κ2) is 5.39. The van der Waals surface area contributed by atoms with Gasteiger partial charge in [0.15, 0.2) is 9.84 Å². The summed E-state index contributed by atoms with van der Waals surface area (Å²) in [5, 5.41) is 0. The summed E-state index contributed by atoms with van der Waals surface area (Å²) < 4.78 is 28.4. The molecule has 0 unspecified atom stereocenters. The Morgan fingerprint density at radius 3 is 2.59 bits per heavy atom. The van der Waals surface area contributed by atoms with Crippen molar-refractivity contribution in [2.45, 2.75) is 19.4 Å². The highest BCUT2D eigenvalue weighted by molar-refractivity contribution is 7.91. The van der Waals surface area contributed by atoms with Crippen molar-refractivity contribution < 1.29 is 22.7 Å². The second-order valence-electron chi connectivity index (χ2n) is 5.64. The minimum absolute atomic E-state index is 0.0169. The summed E-state index contributed by atoms with van der Waals surface area (Å²) >= 11 is 0. The molecule has 2 atom stereocenters. The number of fused-ring (bicyclic) bond motifs is 1. The van der Waals surface area contributed by atoms with Crippen LogP contribution in [0.4, 0.5) is 5.69 Å². The number of ether oxygens (including phenoxy) is 1. The molecule has 0 N–H and O–H groups in total. The van der Waals surface area contributed by atoms with E-state index in [1.54, 1.807) is 36.1 Å². The standard InChI is InChI=1S/C15H17NO5S/c1-2-21-15(18)10-3-5-12(6-4-10)16-13-9-22(19,20)8-11(13)7-14(16)17/h3-6,11,13H,2,7-9H2,1H3/t11-,13-/m1/s1. The molecule has 6 nitrogen and oxygen atoms in total. The Morgan fingerprint density at radius 1 is 1.27 bits per heavy atom. The molecule has 7 heteroatoms. The zero-order chi connectivity index (χ0) is 15.9. The fourth-order valence-electron chi connectivity index (χ4n) is 3.20. The topological polar surface area (TPSA) is 80.8 Å². The highest BCUT2D eigenvalue weighted by Crippen LogP contribution is 2.37. The van der Waals surface area contributed by atoms with Crippen molar-refractivity contribution in [3.8, 4) is 0 Å². The Balaban J connectivity index is 1.84. The van der Waals surface area contributed by atoms with Crippen LogP contribution in [0.5, 0.6) is 0 Å². The Bertz CT molecular complexity index is 710. The highest BCUT2D eigenvalue weighted by Gasteiger charge is 2.49. The number of rotatable bonds is 3. The molecule has 0 aliphatic carbocycles. The fraction of sp³-hybridized carbons (Fsp3) is 0.467. The van der Waals surface area contributed by atoms with Crippen molar-refractivity contribution in [3.63, 3.8) is 0 Å². The summed E-state index contributed by atoms with van der Waals surface area (Å²) in [5.41, 5.74) is 1.04. The zero-order valence-corrected chi connectivity index (χ0v) is 13.0. The fourth-order valence-corrected chi connectivity index (χ4v) is 5.27. The zero-order valence-electron chi connectivity index (χ0n) is 12.2. The minimum atomic E-state index is -3.07. The molecule has 1 amide bonds. The van der Waals surface area contributed by atoms with E-state index in [2.05, 4.69) is 0 Å². The lowest BCUT2D eigenvalue weighted by Gasteiger charge is -2.23. The van der Waals surface area contributed by atoms with Crippen molar-refractivity contribution in [1.29, 1.82) is 0 Å². The summed E-state index contributed by atoms with van der Waals surface area (Å²) in [7, 11) is -3.07. The third-order valence-corrected chi connectivity index (χ3v) is 5.92. The minimum Gasteiger partial charge on any atom is -0.462 e. The van der Waals surface area contributed by atoms with Gasteiger partial charge in [-0.2, -0.15) is 0 Å². The van der Waals surface area contributed by atoms with Gasteiger partial charge in [0.05, 0.1) is 29.7 Å². The highest BCUT2D eigenvalue weighted by atomic mass is 32.2. The van der Waals surface area contributed by atoms with Gasteiger partial charge in [0, 0.05) is 18.0 Å². The van der Waals surface area contributed by atoms with Crippen LogP contribution in [-0.2, 0) is 19.4 Å². The molecule has 0 saturated carbocycles. The van der Waals surface area contributed by atoms with Gasteiger partial charge >= 0.3 is 5.97 Å². The average Bonchev–Trinajstić information content (AvgIpc) is 2.89. The molecule has 0 bridgehead atoms. The Kier molecular flexibility index (Phi) is 3.68. The van der Waals surface area contributed by atoms with Crippen molar-refractivity contribution in [3.05, 3.63) is 29.8 Å². The average molecular weight is 323 g/mol. The van der Waals surface area contributed by atoms with E-state index in [1.807, 2.05) is 0 Å². The van der Waals surface area contributed by atoms with E-state index in [0.717, 1.165) is 0 Å². The molecule has 1 aromatic carbocycles. The van der Waals surface area contributed by atoms with Gasteiger partial charge in [0.25, 0.3) is 0 Å². The molecule has 118 valence electrons. The van der Waals surface area contributed by atoms with Gasteiger partial charge in [0.1, 0.15) is 0 Å². The first kappa shape index (κ1) is 15.0. The smallest absolute Gasteiger partial charge is 0.338 e. The van der Waals surface area contributed by atoms with E-state index in [1.165, 1.54) is 0 Å². The van der Waals surface area contributed by atoms with Crippen molar-refractivity contribution in [2.24, 2.45) is 5.92 Å². The van der Waals surface area contributed by atoms with Crippen molar-refractivity contribution in [2.75, 3.05) is 23.0 Å². The molecule has 22 heavy (non-hydrogen) atoms. The number of sulfone groups is 1. The van der Waals surface area contributed by atoms with E-state index in [9.17, 15) is 18.0 Å². The van der Waals surface area contributed by atoms with Gasteiger partial charge < -0.3 is 9.64 Å². The summed E-state index contributed by atoms with van der Waals surface area (Å²) in [4.78, 5) is 25.3. The van der Waals surface area contributed by atoms with Gasteiger partial charge in [-0.15, -0.1) is 0 Å². The molecule has 2 saturated heterocycles. The molecule has 3 rings (SSSR count). The van der Waals surface area contributed by atoms with Gasteiger partial charge in [-0.1, -0.05) is 0 Å². The Hall–Kier alpha value is -1.89. The molecular weight excluding hydrogens is 306 g/mol. The van der Waals surface area contributed by atoms with Crippen LogP contribution < -0.4 is 4.90 Å². The third kappa shape index (κ3) is 2.61. The van der Waals surface area contributed by atoms with Crippen molar-refractivity contribution in [1.82, 2.24) is 0 Å². The van der Waals surface area contributed by atoms with E-state index in [-0.39, 0.29) is 35.8 Å². The molecule has 2 aliphatic rings. The summed E-state index contributed by atoms with van der Waals surface area (Å²) in [6, 6.07) is 6.23. The van der Waals surface area contributed by atoms with Crippen LogP contribution >= 0.6 is 0 Å². The first-order chi connectivity index (χ1) is 10.4. The first-order valence-corrected chi connectivity index (χ1v) is 9.03. The molecule has 2 heterocycles. The lowest BCUT2D eigenvalue weighted by molar-refractivity contribution is -0.117. The second-order valence-corrected chi connectivity index (χ2v) is 7.79. The third-order valence-electron chi connectivity index (χ3n) is 4.13. The molecule has 2 fully saturated rings. The number of carbonyl (C=O) groups excluding carboxylic acids is 2. The summed E-state index contributed by atoms with van der Waals surface area (Å²) in [6.45, 7) is 2.03. The predicted octanol–water partition coefficient (Wildman–Crippen LogP) is 1.01. The van der Waals surface area contributed by atoms with Crippen LogP contribution in [0.3, 0.4) is 0 Å².